The Hall–Kier alpha value is -3.36. The zero-order valence-corrected chi connectivity index (χ0v) is 20.1. The standard InChI is InChI=1S/C23H23F7N4O4/c1-11-3-4-17(16(24)5-11)33-18-12(2)19(32-10-31-18)37-15-6-13-8-36-9-14(7-15)34(13)21(35)38-20(22(25,26)27)23(28,29)30/h3-5,10,13-15,20H,6-9H2,1-2H3,(H,31,32,33). The van der Waals surface area contributed by atoms with Gasteiger partial charge in [-0.15, -0.1) is 0 Å². The molecule has 1 amide bonds. The smallest absolute Gasteiger partial charge is 0.434 e. The van der Waals surface area contributed by atoms with E-state index in [9.17, 15) is 35.5 Å². The molecule has 0 saturated carbocycles. The van der Waals surface area contributed by atoms with Crippen LogP contribution >= 0.6 is 0 Å². The normalized spacial score (nSPS) is 21.8. The number of hydrogen-bond donors (Lipinski definition) is 1. The van der Waals surface area contributed by atoms with Crippen molar-refractivity contribution in [3.05, 3.63) is 41.5 Å². The molecule has 4 rings (SSSR count). The van der Waals surface area contributed by atoms with Crippen LogP contribution in [0.2, 0.25) is 0 Å². The number of piperidine rings is 1. The van der Waals surface area contributed by atoms with E-state index in [4.69, 9.17) is 9.47 Å². The molecule has 1 aromatic heterocycles. The minimum Gasteiger partial charge on any atom is -0.474 e. The molecule has 2 aliphatic rings. The van der Waals surface area contributed by atoms with E-state index in [2.05, 4.69) is 20.0 Å². The van der Waals surface area contributed by atoms with Crippen molar-refractivity contribution in [2.75, 3.05) is 18.5 Å². The number of nitrogens with zero attached hydrogens (tertiary/aromatic N) is 3. The van der Waals surface area contributed by atoms with Crippen molar-refractivity contribution in [1.82, 2.24) is 14.9 Å². The fourth-order valence-corrected chi connectivity index (χ4v) is 4.43. The molecule has 38 heavy (non-hydrogen) atoms. The van der Waals surface area contributed by atoms with Gasteiger partial charge in [0, 0.05) is 12.8 Å². The first-order valence-electron chi connectivity index (χ1n) is 11.5. The number of benzene rings is 1. The highest BCUT2D eigenvalue weighted by molar-refractivity contribution is 5.69. The van der Waals surface area contributed by atoms with Crippen LogP contribution in [0.4, 0.5) is 47.0 Å². The van der Waals surface area contributed by atoms with E-state index < -0.39 is 48.6 Å². The van der Waals surface area contributed by atoms with Crippen LogP contribution in [-0.4, -0.2) is 70.8 Å². The molecular weight excluding hydrogens is 529 g/mol. The molecule has 2 saturated heterocycles. The van der Waals surface area contributed by atoms with Gasteiger partial charge in [-0.1, -0.05) is 6.07 Å². The van der Waals surface area contributed by atoms with Gasteiger partial charge in [0.2, 0.25) is 5.88 Å². The van der Waals surface area contributed by atoms with Gasteiger partial charge in [0.25, 0.3) is 6.10 Å². The van der Waals surface area contributed by atoms with E-state index in [0.717, 1.165) is 10.5 Å². The third-order valence-electron chi connectivity index (χ3n) is 6.20. The number of amides is 1. The zero-order valence-electron chi connectivity index (χ0n) is 20.1. The average molecular weight is 552 g/mol. The maximum absolute atomic E-state index is 14.3. The maximum Gasteiger partial charge on any atom is 0.434 e. The van der Waals surface area contributed by atoms with Gasteiger partial charge in [-0.3, -0.25) is 4.90 Å². The largest absolute Gasteiger partial charge is 0.474 e. The number of halogens is 7. The van der Waals surface area contributed by atoms with Crippen molar-refractivity contribution in [1.29, 1.82) is 0 Å². The van der Waals surface area contributed by atoms with E-state index in [-0.39, 0.29) is 43.4 Å². The Balaban J connectivity index is 1.46. The van der Waals surface area contributed by atoms with Gasteiger partial charge in [-0.25, -0.2) is 19.2 Å². The summed E-state index contributed by atoms with van der Waals surface area (Å²) in [4.78, 5) is 21.5. The summed E-state index contributed by atoms with van der Waals surface area (Å²) >= 11 is 0. The lowest BCUT2D eigenvalue weighted by Gasteiger charge is -2.47. The summed E-state index contributed by atoms with van der Waals surface area (Å²) in [6.45, 7) is 3.12. The first kappa shape index (κ1) is 27.7. The molecule has 3 heterocycles. The number of fused-ring (bicyclic) bond motifs is 2. The van der Waals surface area contributed by atoms with Crippen LogP contribution in [0.5, 0.6) is 5.88 Å². The zero-order chi connectivity index (χ0) is 27.8. The topological polar surface area (TPSA) is 85.8 Å². The lowest BCUT2D eigenvalue weighted by Crippen LogP contribution is -2.62. The fraction of sp³-hybridized carbons (Fsp3) is 0.522. The van der Waals surface area contributed by atoms with E-state index in [1.165, 1.54) is 12.4 Å². The molecule has 0 spiro atoms. The second-order valence-electron chi connectivity index (χ2n) is 9.07. The minimum atomic E-state index is -5.82. The molecule has 1 aromatic carbocycles. The summed E-state index contributed by atoms with van der Waals surface area (Å²) in [6.07, 6.45) is -17.0. The summed E-state index contributed by atoms with van der Waals surface area (Å²) < 4.78 is 107. The Morgan fingerprint density at radius 2 is 1.71 bits per heavy atom. The van der Waals surface area contributed by atoms with Gasteiger partial charge >= 0.3 is 18.4 Å². The summed E-state index contributed by atoms with van der Waals surface area (Å²) in [5.74, 6) is -0.0762. The molecule has 15 heteroatoms. The number of rotatable bonds is 5. The molecule has 2 aliphatic heterocycles. The van der Waals surface area contributed by atoms with Crippen molar-refractivity contribution < 1.29 is 49.7 Å². The SMILES string of the molecule is Cc1ccc(Nc2ncnc(OC3CC4COCC(C3)N4C(=O)OC(C(F)(F)F)C(F)(F)F)c2C)c(F)c1. The number of ether oxygens (including phenoxy) is 3. The van der Waals surface area contributed by atoms with Crippen LogP contribution < -0.4 is 10.1 Å². The molecule has 8 nitrogen and oxygen atoms in total. The predicted molar refractivity (Wildman–Crippen MR) is 117 cm³/mol. The van der Waals surface area contributed by atoms with Crippen LogP contribution in [0.25, 0.3) is 0 Å². The lowest BCUT2D eigenvalue weighted by atomic mass is 9.92. The van der Waals surface area contributed by atoms with Gasteiger partial charge in [0.15, 0.2) is 0 Å². The lowest BCUT2D eigenvalue weighted by molar-refractivity contribution is -0.309. The monoisotopic (exact) mass is 552 g/mol. The highest BCUT2D eigenvalue weighted by Gasteiger charge is 2.61. The first-order chi connectivity index (χ1) is 17.7. The quantitative estimate of drug-likeness (QED) is 0.510. The van der Waals surface area contributed by atoms with Crippen molar-refractivity contribution in [2.24, 2.45) is 0 Å². The van der Waals surface area contributed by atoms with E-state index in [1.54, 1.807) is 26.0 Å². The average Bonchev–Trinajstić information content (AvgIpc) is 2.79. The highest BCUT2D eigenvalue weighted by atomic mass is 19.4. The molecule has 2 fully saturated rings. The Morgan fingerprint density at radius 1 is 1.08 bits per heavy atom. The van der Waals surface area contributed by atoms with Crippen molar-refractivity contribution >= 4 is 17.6 Å². The molecule has 2 unspecified atom stereocenters. The van der Waals surface area contributed by atoms with Gasteiger partial charge in [0.1, 0.15) is 24.1 Å². The number of alkyl halides is 6. The predicted octanol–water partition coefficient (Wildman–Crippen LogP) is 5.22. The second-order valence-corrected chi connectivity index (χ2v) is 9.07. The third kappa shape index (κ3) is 6.03. The van der Waals surface area contributed by atoms with Crippen LogP contribution in [-0.2, 0) is 9.47 Å². The summed E-state index contributed by atoms with van der Waals surface area (Å²) in [5, 5.41) is 2.87. The molecular formula is C23H23F7N4O4. The Bertz CT molecular complexity index is 1150. The fourth-order valence-electron chi connectivity index (χ4n) is 4.43. The minimum absolute atomic E-state index is 0.0348. The Kier molecular flexibility index (Phi) is 7.59. The second kappa shape index (κ2) is 10.4. The van der Waals surface area contributed by atoms with E-state index in [0.29, 0.717) is 5.56 Å². The van der Waals surface area contributed by atoms with Gasteiger partial charge in [-0.2, -0.15) is 26.3 Å². The van der Waals surface area contributed by atoms with Crippen LogP contribution in [0, 0.1) is 19.7 Å². The van der Waals surface area contributed by atoms with Crippen LogP contribution in [0.1, 0.15) is 24.0 Å². The summed E-state index contributed by atoms with van der Waals surface area (Å²) in [5.41, 5.74) is 1.35. The number of hydrogen-bond acceptors (Lipinski definition) is 7. The third-order valence-corrected chi connectivity index (χ3v) is 6.20. The van der Waals surface area contributed by atoms with Gasteiger partial charge in [-0.05, 0) is 31.5 Å². The molecule has 2 atom stereocenters. The van der Waals surface area contributed by atoms with Gasteiger partial charge < -0.3 is 19.5 Å². The number of anilines is 2. The summed E-state index contributed by atoms with van der Waals surface area (Å²) in [6, 6.07) is 2.84. The number of nitrogens with one attached hydrogen (secondary N) is 1. The van der Waals surface area contributed by atoms with E-state index >= 15 is 0 Å². The molecule has 0 aliphatic carbocycles. The van der Waals surface area contributed by atoms with Crippen molar-refractivity contribution in [3.63, 3.8) is 0 Å². The van der Waals surface area contributed by atoms with Crippen molar-refractivity contribution in [2.45, 2.75) is 63.3 Å². The number of carbonyl (C=O) groups excluding carboxylic acids is 1. The number of aryl methyl sites for hydroxylation is 1. The molecule has 208 valence electrons. The van der Waals surface area contributed by atoms with E-state index in [1.807, 2.05) is 0 Å². The Morgan fingerprint density at radius 3 is 2.29 bits per heavy atom. The number of morpholine rings is 1. The maximum atomic E-state index is 14.3. The number of aromatic nitrogens is 2. The van der Waals surface area contributed by atoms with Crippen LogP contribution in [0.15, 0.2) is 24.5 Å². The first-order valence-corrected chi connectivity index (χ1v) is 11.5. The molecule has 0 radical (unpaired) electrons. The Labute approximate surface area is 212 Å². The van der Waals surface area contributed by atoms with Crippen molar-refractivity contribution in [3.8, 4) is 5.88 Å². The molecule has 2 bridgehead atoms. The molecule has 2 aromatic rings. The molecule has 1 N–H and O–H groups in total. The highest BCUT2D eigenvalue weighted by Crippen LogP contribution is 2.38. The summed E-state index contributed by atoms with van der Waals surface area (Å²) in [7, 11) is 0. The van der Waals surface area contributed by atoms with Gasteiger partial charge in [0.05, 0.1) is 36.5 Å². The number of carbonyl (C=O) groups is 1. The van der Waals surface area contributed by atoms with Crippen LogP contribution in [0.3, 0.4) is 0 Å².